The number of alkyl halides is 9. The number of benzene rings is 2. The lowest BCUT2D eigenvalue weighted by molar-refractivity contribution is -0.143. The Labute approximate surface area is 272 Å². The fraction of sp³-hybridized carbons (Fsp3) is 0.414. The second kappa shape index (κ2) is 13.3. The summed E-state index contributed by atoms with van der Waals surface area (Å²) in [6.45, 7) is 1.16. The third kappa shape index (κ3) is 8.71. The highest BCUT2D eigenvalue weighted by molar-refractivity contribution is 7.89. The van der Waals surface area contributed by atoms with E-state index in [4.69, 9.17) is 15.6 Å². The molecule has 0 spiro atoms. The van der Waals surface area contributed by atoms with Crippen LogP contribution in [0.4, 0.5) is 50.0 Å². The molecule has 20 heteroatoms. The highest BCUT2D eigenvalue weighted by Crippen LogP contribution is 2.47. The predicted molar refractivity (Wildman–Crippen MR) is 155 cm³/mol. The van der Waals surface area contributed by atoms with Crippen molar-refractivity contribution in [1.29, 1.82) is 0 Å². The Hall–Kier alpha value is -4.17. The molecule has 0 aliphatic carbocycles. The zero-order valence-corrected chi connectivity index (χ0v) is 26.1. The second-order valence-electron chi connectivity index (χ2n) is 11.3. The highest BCUT2D eigenvalue weighted by atomic mass is 32.2. The first-order chi connectivity index (χ1) is 22.4. The Kier molecular flexibility index (Phi) is 10.2. The molecule has 1 aromatic heterocycles. The molecular weight excluding hydrogens is 701 g/mol. The standard InChI is InChI=1S/C29H28F9N5O5S/c1-2-26(39)13-20(19-12-16(27(30,31)32)4-5-22(19)43(26)25(44)45)24-41-14-23(48-6-3-7-49(40,46)47)21(42-24)10-15-8-17(28(33,34)35)11-18(9-15)29(36,37)38/h4-5,8-9,11-12,14,20H,2-3,6-7,10,13,39H2,1H3,(H,44,45)(H2,40,46,47)/t20-,26+/m0/s1. The molecule has 0 saturated carbocycles. The van der Waals surface area contributed by atoms with Crippen LogP contribution in [-0.2, 0) is 35.0 Å². The monoisotopic (exact) mass is 729 g/mol. The molecule has 0 saturated heterocycles. The Morgan fingerprint density at radius 1 is 1.00 bits per heavy atom. The number of rotatable bonds is 9. The van der Waals surface area contributed by atoms with Crippen LogP contribution in [0.15, 0.2) is 42.6 Å². The maximum atomic E-state index is 13.8. The number of nitrogens with two attached hydrogens (primary N) is 2. The number of nitrogens with zero attached hydrogens (tertiary/aromatic N) is 3. The molecule has 1 amide bonds. The molecule has 4 rings (SSSR count). The van der Waals surface area contributed by atoms with E-state index in [2.05, 4.69) is 9.97 Å². The van der Waals surface area contributed by atoms with Gasteiger partial charge in [0.25, 0.3) is 0 Å². The van der Waals surface area contributed by atoms with E-state index in [1.165, 1.54) is 6.92 Å². The Morgan fingerprint density at radius 3 is 2.10 bits per heavy atom. The summed E-state index contributed by atoms with van der Waals surface area (Å²) >= 11 is 0. The van der Waals surface area contributed by atoms with Crippen molar-refractivity contribution in [3.8, 4) is 5.75 Å². The van der Waals surface area contributed by atoms with E-state index in [0.717, 1.165) is 12.3 Å². The van der Waals surface area contributed by atoms with E-state index in [-0.39, 0.29) is 60.5 Å². The van der Waals surface area contributed by atoms with Crippen LogP contribution in [-0.4, -0.2) is 47.6 Å². The van der Waals surface area contributed by atoms with Gasteiger partial charge in [-0.25, -0.2) is 28.3 Å². The van der Waals surface area contributed by atoms with E-state index in [0.29, 0.717) is 29.2 Å². The number of anilines is 1. The lowest BCUT2D eigenvalue weighted by Gasteiger charge is -2.46. The fourth-order valence-electron chi connectivity index (χ4n) is 5.43. The fourth-order valence-corrected chi connectivity index (χ4v) is 5.95. The average molecular weight is 730 g/mol. The first-order valence-corrected chi connectivity index (χ1v) is 15.9. The van der Waals surface area contributed by atoms with Crippen LogP contribution in [0.5, 0.6) is 5.75 Å². The van der Waals surface area contributed by atoms with Gasteiger partial charge in [-0.3, -0.25) is 4.90 Å². The number of aromatic nitrogens is 2. The molecule has 0 unspecified atom stereocenters. The van der Waals surface area contributed by atoms with Crippen LogP contribution in [0.3, 0.4) is 0 Å². The molecule has 1 aliphatic rings. The molecule has 268 valence electrons. The van der Waals surface area contributed by atoms with Gasteiger partial charge in [0.15, 0.2) is 5.75 Å². The quantitative estimate of drug-likeness (QED) is 0.172. The SMILES string of the molecule is CC[C@]1(N)C[C@H](c2ncc(OCCCS(N)(=O)=O)c(Cc3cc(C(F)(F)F)cc(C(F)(F)F)c3)n2)c2cc(C(F)(F)F)ccc2N1C(=O)O. The van der Waals surface area contributed by atoms with Crippen LogP contribution in [0.1, 0.15) is 71.4 Å². The number of primary sulfonamides is 1. The Morgan fingerprint density at radius 2 is 1.59 bits per heavy atom. The number of hydrogen-bond donors (Lipinski definition) is 3. The predicted octanol–water partition coefficient (Wildman–Crippen LogP) is 6.27. The van der Waals surface area contributed by atoms with Crippen LogP contribution in [0.2, 0.25) is 0 Å². The third-order valence-electron chi connectivity index (χ3n) is 7.79. The lowest BCUT2D eigenvalue weighted by Crippen LogP contribution is -2.61. The van der Waals surface area contributed by atoms with Crippen LogP contribution >= 0.6 is 0 Å². The van der Waals surface area contributed by atoms with Gasteiger partial charge >= 0.3 is 24.6 Å². The normalized spacial score (nSPS) is 18.7. The average Bonchev–Trinajstić information content (AvgIpc) is 2.97. The van der Waals surface area contributed by atoms with Gasteiger partial charge in [0, 0.05) is 12.3 Å². The van der Waals surface area contributed by atoms with Crippen molar-refractivity contribution in [2.75, 3.05) is 17.3 Å². The molecule has 3 aromatic rings. The molecule has 2 heterocycles. The summed E-state index contributed by atoms with van der Waals surface area (Å²) in [4.78, 5) is 21.5. The van der Waals surface area contributed by atoms with E-state index in [1.54, 1.807) is 0 Å². The van der Waals surface area contributed by atoms with Crippen molar-refractivity contribution in [3.63, 3.8) is 0 Å². The summed E-state index contributed by atoms with van der Waals surface area (Å²) in [5.41, 5.74) is -0.894. The molecule has 0 radical (unpaired) electrons. The van der Waals surface area contributed by atoms with Crippen LogP contribution in [0.25, 0.3) is 0 Å². The Balaban J connectivity index is 1.90. The number of halogens is 9. The summed E-state index contributed by atoms with van der Waals surface area (Å²) in [5, 5.41) is 14.9. The number of amides is 1. The van der Waals surface area contributed by atoms with Gasteiger partial charge in [0.1, 0.15) is 11.5 Å². The first kappa shape index (κ1) is 37.6. The summed E-state index contributed by atoms with van der Waals surface area (Å²) in [6, 6.07) is 3.11. The van der Waals surface area contributed by atoms with Crippen molar-refractivity contribution in [2.45, 2.75) is 62.7 Å². The van der Waals surface area contributed by atoms with Crippen molar-refractivity contribution < 1.29 is 62.6 Å². The highest BCUT2D eigenvalue weighted by Gasteiger charge is 2.47. The van der Waals surface area contributed by atoms with Crippen molar-refractivity contribution in [3.05, 3.63) is 81.9 Å². The minimum Gasteiger partial charge on any atom is -0.490 e. The molecule has 2 aromatic carbocycles. The van der Waals surface area contributed by atoms with Gasteiger partial charge in [-0.05, 0) is 66.8 Å². The zero-order valence-electron chi connectivity index (χ0n) is 25.2. The lowest BCUT2D eigenvalue weighted by atomic mass is 9.80. The number of fused-ring (bicyclic) bond motifs is 1. The smallest absolute Gasteiger partial charge is 0.416 e. The molecular formula is C29H28F9N5O5S. The van der Waals surface area contributed by atoms with Crippen molar-refractivity contribution in [2.24, 2.45) is 10.9 Å². The van der Waals surface area contributed by atoms with Gasteiger partial charge in [0.2, 0.25) is 10.0 Å². The molecule has 0 fully saturated rings. The number of sulfonamides is 1. The first-order valence-electron chi connectivity index (χ1n) is 14.2. The zero-order chi connectivity index (χ0) is 36.7. The van der Waals surface area contributed by atoms with E-state index in [9.17, 15) is 57.8 Å². The molecule has 5 N–H and O–H groups in total. The van der Waals surface area contributed by atoms with Crippen molar-refractivity contribution >= 4 is 21.8 Å². The number of hydrogen-bond acceptors (Lipinski definition) is 7. The summed E-state index contributed by atoms with van der Waals surface area (Å²) in [7, 11) is -3.92. The van der Waals surface area contributed by atoms with Crippen LogP contribution < -0.4 is 20.5 Å². The van der Waals surface area contributed by atoms with Gasteiger partial charge < -0.3 is 15.6 Å². The number of carboxylic acid groups (broad SMARTS) is 1. The molecule has 0 bridgehead atoms. The van der Waals surface area contributed by atoms with Gasteiger partial charge in [-0.15, -0.1) is 0 Å². The molecule has 2 atom stereocenters. The largest absolute Gasteiger partial charge is 0.490 e. The summed E-state index contributed by atoms with van der Waals surface area (Å²) < 4.78 is 151. The van der Waals surface area contributed by atoms with Crippen LogP contribution in [0, 0.1) is 0 Å². The number of carbonyl (C=O) groups is 1. The summed E-state index contributed by atoms with van der Waals surface area (Å²) in [6.07, 6.45) is -17.2. The number of ether oxygens (including phenoxy) is 1. The second-order valence-corrected chi connectivity index (χ2v) is 13.0. The van der Waals surface area contributed by atoms with E-state index < -0.39 is 80.7 Å². The molecule has 1 aliphatic heterocycles. The van der Waals surface area contributed by atoms with Crippen molar-refractivity contribution in [1.82, 2.24) is 9.97 Å². The Bertz CT molecular complexity index is 1800. The molecule has 10 nitrogen and oxygen atoms in total. The third-order valence-corrected chi connectivity index (χ3v) is 8.64. The van der Waals surface area contributed by atoms with Gasteiger partial charge in [-0.2, -0.15) is 39.5 Å². The minimum absolute atomic E-state index is 0.0428. The maximum absolute atomic E-state index is 13.8. The van der Waals surface area contributed by atoms with E-state index >= 15 is 0 Å². The van der Waals surface area contributed by atoms with Gasteiger partial charge in [-0.1, -0.05) is 6.92 Å². The van der Waals surface area contributed by atoms with E-state index in [1.807, 2.05) is 0 Å². The maximum Gasteiger partial charge on any atom is 0.416 e. The van der Waals surface area contributed by atoms with Gasteiger partial charge in [0.05, 0.1) is 46.6 Å². The topological polar surface area (TPSA) is 162 Å². The molecule has 49 heavy (non-hydrogen) atoms. The minimum atomic E-state index is -5.18. The summed E-state index contributed by atoms with van der Waals surface area (Å²) in [5.74, 6) is -2.37.